The number of carbonyl (C=O) groups excluding carboxylic acids is 3. The number of hydrogen-bond donors (Lipinski definition) is 1. The van der Waals surface area contributed by atoms with Gasteiger partial charge in [-0.3, -0.25) is 9.59 Å². The molecule has 1 atom stereocenters. The highest BCUT2D eigenvalue weighted by atomic mass is 35.5. The van der Waals surface area contributed by atoms with Crippen molar-refractivity contribution in [2.75, 3.05) is 18.6 Å². The molecule has 1 aliphatic heterocycles. The minimum Gasteiger partial charge on any atom is -0.456 e. The molecule has 6 nitrogen and oxygen atoms in total. The van der Waals surface area contributed by atoms with Crippen LogP contribution in [0.3, 0.4) is 0 Å². The molecule has 0 aromatic heterocycles. The summed E-state index contributed by atoms with van der Waals surface area (Å²) in [4.78, 5) is 39.9. The summed E-state index contributed by atoms with van der Waals surface area (Å²) in [6.45, 7) is 7.28. The standard InChI is InChI=1S/C26H29ClN2O4/c1-16(2)23(28-24(31)18-10-6-8-12-20(18)27)25(32)33-15-17(30)14-22-26(3,4)19-11-7-9-13-21(19)29(22)5/h6-14,16,23H,15H2,1-5H3,(H,28,31)/b22-14+/t23-/m0/s1. The molecule has 0 saturated carbocycles. The number of allylic oxidation sites excluding steroid dienone is 1. The van der Waals surface area contributed by atoms with E-state index in [1.54, 1.807) is 38.1 Å². The summed E-state index contributed by atoms with van der Waals surface area (Å²) >= 11 is 6.08. The Labute approximate surface area is 199 Å². The third-order valence-corrected chi connectivity index (χ3v) is 6.25. The van der Waals surface area contributed by atoms with E-state index in [9.17, 15) is 14.4 Å². The predicted octanol–water partition coefficient (Wildman–Crippen LogP) is 4.52. The third-order valence-electron chi connectivity index (χ3n) is 5.92. The van der Waals surface area contributed by atoms with Crippen LogP contribution in [0.5, 0.6) is 0 Å². The monoisotopic (exact) mass is 468 g/mol. The van der Waals surface area contributed by atoms with Gasteiger partial charge in [0.25, 0.3) is 5.91 Å². The molecule has 1 N–H and O–H groups in total. The Kier molecular flexibility index (Phi) is 7.28. The van der Waals surface area contributed by atoms with Gasteiger partial charge in [-0.1, -0.05) is 69.6 Å². The Morgan fingerprint density at radius 1 is 1.09 bits per heavy atom. The summed E-state index contributed by atoms with van der Waals surface area (Å²) in [7, 11) is 1.91. The molecular formula is C26H29ClN2O4. The van der Waals surface area contributed by atoms with Crippen molar-refractivity contribution >= 4 is 34.9 Å². The van der Waals surface area contributed by atoms with Crippen molar-refractivity contribution in [1.82, 2.24) is 5.32 Å². The van der Waals surface area contributed by atoms with Crippen LogP contribution in [-0.2, 0) is 19.7 Å². The number of nitrogens with zero attached hydrogens (tertiary/aromatic N) is 1. The number of fused-ring (bicyclic) bond motifs is 1. The van der Waals surface area contributed by atoms with Gasteiger partial charge in [0, 0.05) is 29.9 Å². The maximum absolute atomic E-state index is 12.7. The summed E-state index contributed by atoms with van der Waals surface area (Å²) in [6.07, 6.45) is 1.53. The first-order valence-corrected chi connectivity index (χ1v) is 11.2. The van der Waals surface area contributed by atoms with E-state index in [1.165, 1.54) is 6.08 Å². The van der Waals surface area contributed by atoms with Gasteiger partial charge in [0.15, 0.2) is 12.4 Å². The van der Waals surface area contributed by atoms with Gasteiger partial charge in [-0.2, -0.15) is 0 Å². The van der Waals surface area contributed by atoms with Crippen LogP contribution in [0.2, 0.25) is 5.02 Å². The number of rotatable bonds is 7. The number of benzene rings is 2. The van der Waals surface area contributed by atoms with Crippen molar-refractivity contribution in [3.8, 4) is 0 Å². The number of ether oxygens (including phenoxy) is 1. The Bertz CT molecular complexity index is 1110. The van der Waals surface area contributed by atoms with E-state index in [1.807, 2.05) is 36.2 Å². The number of carbonyl (C=O) groups is 3. The Morgan fingerprint density at radius 3 is 2.36 bits per heavy atom. The van der Waals surface area contributed by atoms with E-state index < -0.39 is 24.5 Å². The van der Waals surface area contributed by atoms with Crippen molar-refractivity contribution in [3.63, 3.8) is 0 Å². The number of hydrogen-bond acceptors (Lipinski definition) is 5. The molecule has 1 heterocycles. The van der Waals surface area contributed by atoms with Crippen LogP contribution in [0.15, 0.2) is 60.3 Å². The van der Waals surface area contributed by atoms with Crippen LogP contribution in [0.4, 0.5) is 5.69 Å². The molecule has 3 rings (SSSR count). The lowest BCUT2D eigenvalue weighted by molar-refractivity contribution is -0.150. The zero-order chi connectivity index (χ0) is 24.3. The van der Waals surface area contributed by atoms with Crippen LogP contribution >= 0.6 is 11.6 Å². The van der Waals surface area contributed by atoms with E-state index in [0.717, 1.165) is 16.9 Å². The first-order chi connectivity index (χ1) is 15.5. The molecule has 2 aromatic carbocycles. The summed E-state index contributed by atoms with van der Waals surface area (Å²) < 4.78 is 5.29. The highest BCUT2D eigenvalue weighted by Crippen LogP contribution is 2.46. The molecule has 2 aromatic rings. The number of anilines is 1. The highest BCUT2D eigenvalue weighted by molar-refractivity contribution is 6.33. The summed E-state index contributed by atoms with van der Waals surface area (Å²) in [6, 6.07) is 13.7. The van der Waals surface area contributed by atoms with Crippen molar-refractivity contribution < 1.29 is 19.1 Å². The van der Waals surface area contributed by atoms with Gasteiger partial charge in [0.05, 0.1) is 10.6 Å². The van der Waals surface area contributed by atoms with Gasteiger partial charge in [-0.15, -0.1) is 0 Å². The smallest absolute Gasteiger partial charge is 0.329 e. The normalized spacial score (nSPS) is 16.5. The maximum atomic E-state index is 12.7. The van der Waals surface area contributed by atoms with E-state index >= 15 is 0 Å². The number of likely N-dealkylation sites (N-methyl/N-ethyl adjacent to an activating group) is 1. The zero-order valence-electron chi connectivity index (χ0n) is 19.5. The number of ketones is 1. The molecule has 0 spiro atoms. The number of esters is 1. The zero-order valence-corrected chi connectivity index (χ0v) is 20.3. The minimum atomic E-state index is -0.913. The molecule has 1 aliphatic rings. The molecule has 174 valence electrons. The number of para-hydroxylation sites is 1. The molecule has 0 unspecified atom stereocenters. The lowest BCUT2D eigenvalue weighted by Gasteiger charge is -2.24. The second-order valence-electron chi connectivity index (χ2n) is 8.98. The summed E-state index contributed by atoms with van der Waals surface area (Å²) in [5, 5.41) is 2.96. The van der Waals surface area contributed by atoms with Crippen LogP contribution < -0.4 is 10.2 Å². The average Bonchev–Trinajstić information content (AvgIpc) is 2.96. The molecule has 0 fully saturated rings. The lowest BCUT2D eigenvalue weighted by Crippen LogP contribution is -2.45. The van der Waals surface area contributed by atoms with Gasteiger partial charge in [0.2, 0.25) is 0 Å². The van der Waals surface area contributed by atoms with Gasteiger partial charge < -0.3 is 15.0 Å². The van der Waals surface area contributed by atoms with Crippen LogP contribution in [0.1, 0.15) is 43.6 Å². The number of halogens is 1. The Balaban J connectivity index is 1.67. The van der Waals surface area contributed by atoms with Crippen molar-refractivity contribution in [2.24, 2.45) is 5.92 Å². The van der Waals surface area contributed by atoms with E-state index in [2.05, 4.69) is 19.2 Å². The fourth-order valence-corrected chi connectivity index (χ4v) is 4.27. The fourth-order valence-electron chi connectivity index (χ4n) is 4.05. The van der Waals surface area contributed by atoms with Crippen LogP contribution in [0, 0.1) is 5.92 Å². The topological polar surface area (TPSA) is 75.7 Å². The second kappa shape index (κ2) is 9.79. The van der Waals surface area contributed by atoms with E-state index in [4.69, 9.17) is 16.3 Å². The Morgan fingerprint density at radius 2 is 1.73 bits per heavy atom. The van der Waals surface area contributed by atoms with E-state index in [-0.39, 0.29) is 27.7 Å². The average molecular weight is 469 g/mol. The van der Waals surface area contributed by atoms with Crippen LogP contribution in [-0.4, -0.2) is 37.4 Å². The number of nitrogens with one attached hydrogen (secondary N) is 1. The molecule has 1 amide bonds. The van der Waals surface area contributed by atoms with Crippen molar-refractivity contribution in [2.45, 2.75) is 39.2 Å². The van der Waals surface area contributed by atoms with Crippen LogP contribution in [0.25, 0.3) is 0 Å². The second-order valence-corrected chi connectivity index (χ2v) is 9.39. The summed E-state index contributed by atoms with van der Waals surface area (Å²) in [5.74, 6) is -1.71. The molecule has 0 aliphatic carbocycles. The van der Waals surface area contributed by atoms with Gasteiger partial charge in [0.1, 0.15) is 6.04 Å². The Hall–Kier alpha value is -3.12. The quantitative estimate of drug-likeness (QED) is 0.477. The van der Waals surface area contributed by atoms with Gasteiger partial charge >= 0.3 is 5.97 Å². The maximum Gasteiger partial charge on any atom is 0.329 e. The highest BCUT2D eigenvalue weighted by Gasteiger charge is 2.38. The predicted molar refractivity (Wildman–Crippen MR) is 129 cm³/mol. The lowest BCUT2D eigenvalue weighted by atomic mass is 9.83. The molecule has 7 heteroatoms. The van der Waals surface area contributed by atoms with Crippen molar-refractivity contribution in [3.05, 3.63) is 76.5 Å². The van der Waals surface area contributed by atoms with Crippen molar-refractivity contribution in [1.29, 1.82) is 0 Å². The number of amides is 1. The first kappa shape index (κ1) is 24.5. The van der Waals surface area contributed by atoms with Gasteiger partial charge in [-0.25, -0.2) is 4.79 Å². The molecule has 0 radical (unpaired) electrons. The summed E-state index contributed by atoms with van der Waals surface area (Å²) in [5.41, 5.74) is 2.92. The largest absolute Gasteiger partial charge is 0.456 e. The first-order valence-electron chi connectivity index (χ1n) is 10.8. The molecule has 0 saturated heterocycles. The molecule has 0 bridgehead atoms. The SMILES string of the molecule is CC(C)[C@H](NC(=O)c1ccccc1Cl)C(=O)OCC(=O)/C=C1/N(C)c2ccccc2C1(C)C. The molecular weight excluding hydrogens is 440 g/mol. The third kappa shape index (κ3) is 5.11. The molecule has 33 heavy (non-hydrogen) atoms. The van der Waals surface area contributed by atoms with Gasteiger partial charge in [-0.05, 0) is 29.7 Å². The van der Waals surface area contributed by atoms with E-state index in [0.29, 0.717) is 0 Å². The minimum absolute atomic E-state index is 0.244. The fraction of sp³-hybridized carbons (Fsp3) is 0.346.